The number of para-hydroxylation sites is 1. The van der Waals surface area contributed by atoms with Gasteiger partial charge in [0.25, 0.3) is 0 Å². The van der Waals surface area contributed by atoms with Crippen molar-refractivity contribution in [3.8, 4) is 28.5 Å². The lowest BCUT2D eigenvalue weighted by Crippen LogP contribution is -2.14. The number of rotatable bonds is 2. The Morgan fingerprint density at radius 1 is 0.605 bits per heavy atom. The molecule has 8 rings (SSSR count). The first-order valence-corrected chi connectivity index (χ1v) is 13.1. The molecule has 0 saturated carbocycles. The van der Waals surface area contributed by atoms with Crippen molar-refractivity contribution in [2.24, 2.45) is 0 Å². The average molecular weight is 488 g/mol. The third kappa shape index (κ3) is 2.79. The van der Waals surface area contributed by atoms with E-state index < -0.39 is 0 Å². The van der Waals surface area contributed by atoms with E-state index >= 15 is 0 Å². The number of hydrogen-bond donors (Lipinski definition) is 0. The molecule has 0 atom stereocenters. The van der Waals surface area contributed by atoms with Gasteiger partial charge in [0.2, 0.25) is 5.95 Å². The molecule has 2 aromatic heterocycles. The molecule has 0 spiro atoms. The summed E-state index contributed by atoms with van der Waals surface area (Å²) in [7, 11) is 0. The fourth-order valence-corrected chi connectivity index (χ4v) is 6.49. The van der Waals surface area contributed by atoms with Crippen LogP contribution >= 0.6 is 0 Å². The molecule has 1 aliphatic carbocycles. The minimum atomic E-state index is -0.142. The van der Waals surface area contributed by atoms with Crippen molar-refractivity contribution in [2.45, 2.75) is 19.3 Å². The molecule has 0 N–H and O–H groups in total. The van der Waals surface area contributed by atoms with Crippen LogP contribution in [0.3, 0.4) is 0 Å². The SMILES string of the molecule is CC1(C)c2ccccc2-c2c1c1ccc3ccccc3c1n2-c1nc(-c2ccccc2)c2ccccc2n1. The third-order valence-corrected chi connectivity index (χ3v) is 8.17. The van der Waals surface area contributed by atoms with Crippen molar-refractivity contribution >= 4 is 32.6 Å². The molecule has 5 aromatic carbocycles. The van der Waals surface area contributed by atoms with E-state index in [2.05, 4.69) is 128 Å². The first-order chi connectivity index (χ1) is 18.6. The molecule has 38 heavy (non-hydrogen) atoms. The molecular formula is C35H25N3. The number of hydrogen-bond acceptors (Lipinski definition) is 2. The van der Waals surface area contributed by atoms with Gasteiger partial charge >= 0.3 is 0 Å². The summed E-state index contributed by atoms with van der Waals surface area (Å²) in [6.45, 7) is 4.68. The van der Waals surface area contributed by atoms with Crippen LogP contribution in [0.2, 0.25) is 0 Å². The van der Waals surface area contributed by atoms with Crippen molar-refractivity contribution in [3.63, 3.8) is 0 Å². The van der Waals surface area contributed by atoms with Gasteiger partial charge in [-0.3, -0.25) is 4.57 Å². The standard InChI is InChI=1S/C35H25N3/c1-35(2)28-18-10-8-16-25(28)33-30(35)27-21-20-22-12-6-7-15-24(22)32(27)38(33)34-36-29-19-11-9-17-26(29)31(37-34)23-13-4-3-5-14-23/h3-21H,1-2H3. The van der Waals surface area contributed by atoms with E-state index in [1.54, 1.807) is 0 Å². The van der Waals surface area contributed by atoms with E-state index in [4.69, 9.17) is 9.97 Å². The number of aromatic nitrogens is 3. The van der Waals surface area contributed by atoms with Gasteiger partial charge < -0.3 is 0 Å². The van der Waals surface area contributed by atoms with Crippen molar-refractivity contribution < 1.29 is 0 Å². The Kier molecular flexibility index (Phi) is 4.28. The van der Waals surface area contributed by atoms with Crippen LogP contribution in [0.15, 0.2) is 115 Å². The van der Waals surface area contributed by atoms with Crippen LogP contribution in [0.5, 0.6) is 0 Å². The highest BCUT2D eigenvalue weighted by molar-refractivity contribution is 6.12. The zero-order valence-corrected chi connectivity index (χ0v) is 21.3. The molecule has 0 aliphatic heterocycles. The van der Waals surface area contributed by atoms with Crippen LogP contribution in [0.25, 0.3) is 61.0 Å². The largest absolute Gasteiger partial charge is 0.277 e. The van der Waals surface area contributed by atoms with Crippen LogP contribution in [0, 0.1) is 0 Å². The zero-order chi connectivity index (χ0) is 25.4. The van der Waals surface area contributed by atoms with Crippen LogP contribution < -0.4 is 0 Å². The molecule has 0 radical (unpaired) electrons. The predicted molar refractivity (Wildman–Crippen MR) is 157 cm³/mol. The Balaban J connectivity index is 1.58. The third-order valence-electron chi connectivity index (χ3n) is 8.17. The summed E-state index contributed by atoms with van der Waals surface area (Å²) in [5, 5.41) is 4.75. The lowest BCUT2D eigenvalue weighted by atomic mass is 9.81. The Bertz CT molecular complexity index is 2050. The second-order valence-electron chi connectivity index (χ2n) is 10.7. The maximum atomic E-state index is 5.32. The second-order valence-corrected chi connectivity index (χ2v) is 10.7. The molecule has 3 nitrogen and oxygen atoms in total. The first-order valence-electron chi connectivity index (χ1n) is 13.1. The number of benzene rings is 5. The van der Waals surface area contributed by atoms with Gasteiger partial charge in [-0.15, -0.1) is 0 Å². The molecule has 0 amide bonds. The maximum absolute atomic E-state index is 5.32. The Labute approximate surface area is 221 Å². The molecule has 180 valence electrons. The van der Waals surface area contributed by atoms with Gasteiger partial charge in [-0.05, 0) is 22.6 Å². The minimum absolute atomic E-state index is 0.142. The normalized spacial score (nSPS) is 13.7. The van der Waals surface area contributed by atoms with Gasteiger partial charge in [0.15, 0.2) is 0 Å². The molecule has 0 fully saturated rings. The predicted octanol–water partition coefficient (Wildman–Crippen LogP) is 8.70. The second kappa shape index (κ2) is 7.62. The van der Waals surface area contributed by atoms with Crippen LogP contribution in [0.4, 0.5) is 0 Å². The quantitative estimate of drug-likeness (QED) is 0.244. The number of fused-ring (bicyclic) bond motifs is 8. The minimum Gasteiger partial charge on any atom is -0.277 e. The highest BCUT2D eigenvalue weighted by Crippen LogP contribution is 2.54. The Hall–Kier alpha value is -4.76. The highest BCUT2D eigenvalue weighted by Gasteiger charge is 2.41. The molecule has 7 aromatic rings. The van der Waals surface area contributed by atoms with Gasteiger partial charge in [-0.2, -0.15) is 0 Å². The molecule has 3 heteroatoms. The summed E-state index contributed by atoms with van der Waals surface area (Å²) in [6.07, 6.45) is 0. The Morgan fingerprint density at radius 2 is 1.32 bits per heavy atom. The van der Waals surface area contributed by atoms with Gasteiger partial charge in [0.05, 0.1) is 22.4 Å². The van der Waals surface area contributed by atoms with Gasteiger partial charge in [-0.25, -0.2) is 9.97 Å². The number of nitrogens with zero attached hydrogens (tertiary/aromatic N) is 3. The van der Waals surface area contributed by atoms with Crippen LogP contribution in [-0.4, -0.2) is 14.5 Å². The lowest BCUT2D eigenvalue weighted by molar-refractivity contribution is 0.666. The van der Waals surface area contributed by atoms with Crippen molar-refractivity contribution in [2.75, 3.05) is 0 Å². The van der Waals surface area contributed by atoms with Crippen molar-refractivity contribution in [1.29, 1.82) is 0 Å². The van der Waals surface area contributed by atoms with E-state index in [1.165, 1.54) is 44.1 Å². The summed E-state index contributed by atoms with van der Waals surface area (Å²) in [5.74, 6) is 0.706. The molecule has 0 saturated heterocycles. The summed E-state index contributed by atoms with van der Waals surface area (Å²) >= 11 is 0. The smallest absolute Gasteiger partial charge is 0.235 e. The average Bonchev–Trinajstić information content (AvgIpc) is 3.44. The van der Waals surface area contributed by atoms with E-state index in [0.29, 0.717) is 5.95 Å². The lowest BCUT2D eigenvalue weighted by Gasteiger charge is -2.21. The maximum Gasteiger partial charge on any atom is 0.235 e. The van der Waals surface area contributed by atoms with Crippen molar-refractivity contribution in [1.82, 2.24) is 14.5 Å². The van der Waals surface area contributed by atoms with E-state index in [1.807, 2.05) is 6.07 Å². The Morgan fingerprint density at radius 3 is 2.18 bits per heavy atom. The highest BCUT2D eigenvalue weighted by atomic mass is 15.2. The fourth-order valence-electron chi connectivity index (χ4n) is 6.49. The van der Waals surface area contributed by atoms with Crippen LogP contribution in [-0.2, 0) is 5.41 Å². The van der Waals surface area contributed by atoms with Gasteiger partial charge in [0, 0.05) is 32.7 Å². The fraction of sp³-hybridized carbons (Fsp3) is 0.0857. The first kappa shape index (κ1) is 21.3. The van der Waals surface area contributed by atoms with E-state index in [9.17, 15) is 0 Å². The van der Waals surface area contributed by atoms with Gasteiger partial charge in [-0.1, -0.05) is 123 Å². The van der Waals surface area contributed by atoms with E-state index in [-0.39, 0.29) is 5.41 Å². The van der Waals surface area contributed by atoms with Crippen LogP contribution in [0.1, 0.15) is 25.0 Å². The molecule has 0 bridgehead atoms. The summed E-state index contributed by atoms with van der Waals surface area (Å²) < 4.78 is 2.33. The molecule has 1 aliphatic rings. The summed E-state index contributed by atoms with van der Waals surface area (Å²) in [6, 6.07) is 40.8. The molecule has 2 heterocycles. The van der Waals surface area contributed by atoms with Gasteiger partial charge in [0.1, 0.15) is 0 Å². The zero-order valence-electron chi connectivity index (χ0n) is 21.3. The summed E-state index contributed by atoms with van der Waals surface area (Å²) in [5.41, 5.74) is 9.16. The summed E-state index contributed by atoms with van der Waals surface area (Å²) in [4.78, 5) is 10.5. The van der Waals surface area contributed by atoms with Crippen molar-refractivity contribution in [3.05, 3.63) is 126 Å². The topological polar surface area (TPSA) is 30.7 Å². The monoisotopic (exact) mass is 487 g/mol. The molecule has 0 unspecified atom stereocenters. The van der Waals surface area contributed by atoms with E-state index in [0.717, 1.165) is 22.2 Å². The molecular weight excluding hydrogens is 462 g/mol.